The van der Waals surface area contributed by atoms with E-state index < -0.39 is 0 Å². The van der Waals surface area contributed by atoms with Gasteiger partial charge in [0.25, 0.3) is 0 Å². The molecule has 0 aliphatic rings. The molecule has 0 aliphatic heterocycles. The van der Waals surface area contributed by atoms with Gasteiger partial charge in [0, 0.05) is 12.8 Å². The molecule has 0 amide bonds. The van der Waals surface area contributed by atoms with Crippen LogP contribution in [-0.2, 0) is 6.54 Å². The van der Waals surface area contributed by atoms with Gasteiger partial charge in [0.15, 0.2) is 0 Å². The second-order valence-electron chi connectivity index (χ2n) is 2.05. The van der Waals surface area contributed by atoms with E-state index in [9.17, 15) is 0 Å². The first kappa shape index (κ1) is 6.96. The Morgan fingerprint density at radius 3 is 2.60 bits per heavy atom. The first-order valence-electron chi connectivity index (χ1n) is 3.17. The van der Waals surface area contributed by atoms with Crippen LogP contribution in [0.25, 0.3) is 0 Å². The van der Waals surface area contributed by atoms with Crippen LogP contribution in [0.5, 0.6) is 0 Å². The lowest BCUT2D eigenvalue weighted by Gasteiger charge is -1.98. The van der Waals surface area contributed by atoms with Crippen molar-refractivity contribution in [2.75, 3.05) is 0 Å². The SMILES string of the molecule is N=Cc1ccccc1CN. The van der Waals surface area contributed by atoms with Crippen molar-refractivity contribution in [2.45, 2.75) is 6.54 Å². The first-order chi connectivity index (χ1) is 4.88. The van der Waals surface area contributed by atoms with Crippen molar-refractivity contribution in [3.63, 3.8) is 0 Å². The summed E-state index contributed by atoms with van der Waals surface area (Å²) in [5, 5.41) is 7.01. The van der Waals surface area contributed by atoms with E-state index in [2.05, 4.69) is 0 Å². The zero-order chi connectivity index (χ0) is 7.40. The molecule has 2 nitrogen and oxygen atoms in total. The molecule has 52 valence electrons. The van der Waals surface area contributed by atoms with E-state index >= 15 is 0 Å². The largest absolute Gasteiger partial charge is 0.326 e. The van der Waals surface area contributed by atoms with Crippen molar-refractivity contribution in [2.24, 2.45) is 5.73 Å². The van der Waals surface area contributed by atoms with Gasteiger partial charge in [-0.05, 0) is 11.1 Å². The Morgan fingerprint density at radius 1 is 1.40 bits per heavy atom. The Morgan fingerprint density at radius 2 is 2.10 bits per heavy atom. The maximum atomic E-state index is 7.01. The summed E-state index contributed by atoms with van der Waals surface area (Å²) in [5.74, 6) is 0. The van der Waals surface area contributed by atoms with Crippen LogP contribution in [0, 0.1) is 5.41 Å². The van der Waals surface area contributed by atoms with Crippen LogP contribution in [0.15, 0.2) is 24.3 Å². The minimum Gasteiger partial charge on any atom is -0.326 e. The highest BCUT2D eigenvalue weighted by Gasteiger charge is 1.93. The molecular formula is C8H10N2. The van der Waals surface area contributed by atoms with Gasteiger partial charge in [0.05, 0.1) is 0 Å². The minimum absolute atomic E-state index is 0.506. The second kappa shape index (κ2) is 3.13. The summed E-state index contributed by atoms with van der Waals surface area (Å²) in [4.78, 5) is 0. The Bertz CT molecular complexity index is 230. The van der Waals surface area contributed by atoms with Gasteiger partial charge in [0.2, 0.25) is 0 Å². The Labute approximate surface area is 60.2 Å². The lowest BCUT2D eigenvalue weighted by Crippen LogP contribution is -1.99. The van der Waals surface area contributed by atoms with E-state index in [0.29, 0.717) is 6.54 Å². The molecule has 0 heterocycles. The van der Waals surface area contributed by atoms with Crippen LogP contribution in [0.4, 0.5) is 0 Å². The minimum atomic E-state index is 0.506. The normalized spacial score (nSPS) is 9.30. The Kier molecular flexibility index (Phi) is 2.18. The van der Waals surface area contributed by atoms with Crippen LogP contribution < -0.4 is 5.73 Å². The smallest absolute Gasteiger partial charge is 0.0253 e. The first-order valence-corrected chi connectivity index (χ1v) is 3.17. The average molecular weight is 134 g/mol. The molecule has 2 heteroatoms. The molecular weight excluding hydrogens is 124 g/mol. The van der Waals surface area contributed by atoms with E-state index in [-0.39, 0.29) is 0 Å². The number of nitrogens with two attached hydrogens (primary N) is 1. The number of hydrogen-bond acceptors (Lipinski definition) is 2. The predicted molar refractivity (Wildman–Crippen MR) is 42.2 cm³/mol. The summed E-state index contributed by atoms with van der Waals surface area (Å²) in [5.41, 5.74) is 7.36. The maximum absolute atomic E-state index is 7.01. The number of benzene rings is 1. The van der Waals surface area contributed by atoms with Gasteiger partial charge >= 0.3 is 0 Å². The molecule has 1 rings (SSSR count). The number of nitrogens with one attached hydrogen (secondary N) is 1. The highest BCUT2D eigenvalue weighted by molar-refractivity contribution is 5.79. The fourth-order valence-corrected chi connectivity index (χ4v) is 0.861. The molecule has 0 bridgehead atoms. The van der Waals surface area contributed by atoms with Gasteiger partial charge in [-0.2, -0.15) is 0 Å². The van der Waals surface area contributed by atoms with Crippen molar-refractivity contribution in [1.29, 1.82) is 5.41 Å². The van der Waals surface area contributed by atoms with Gasteiger partial charge in [-0.15, -0.1) is 0 Å². The zero-order valence-corrected chi connectivity index (χ0v) is 5.67. The van der Waals surface area contributed by atoms with Crippen molar-refractivity contribution < 1.29 is 0 Å². The summed E-state index contributed by atoms with van der Waals surface area (Å²) in [7, 11) is 0. The van der Waals surface area contributed by atoms with Gasteiger partial charge in [-0.25, -0.2) is 0 Å². The molecule has 1 aromatic carbocycles. The van der Waals surface area contributed by atoms with Gasteiger partial charge < -0.3 is 11.1 Å². The van der Waals surface area contributed by atoms with Gasteiger partial charge in [-0.1, -0.05) is 24.3 Å². The highest BCUT2D eigenvalue weighted by atomic mass is 14.5. The van der Waals surface area contributed by atoms with E-state index in [1.54, 1.807) is 0 Å². The van der Waals surface area contributed by atoms with Crippen LogP contribution in [-0.4, -0.2) is 6.21 Å². The fourth-order valence-electron chi connectivity index (χ4n) is 0.861. The monoisotopic (exact) mass is 134 g/mol. The van der Waals surface area contributed by atoms with Crippen molar-refractivity contribution in [3.8, 4) is 0 Å². The second-order valence-corrected chi connectivity index (χ2v) is 2.05. The maximum Gasteiger partial charge on any atom is 0.0253 e. The van der Waals surface area contributed by atoms with E-state index in [1.807, 2.05) is 24.3 Å². The van der Waals surface area contributed by atoms with Crippen molar-refractivity contribution in [3.05, 3.63) is 35.4 Å². The molecule has 0 radical (unpaired) electrons. The van der Waals surface area contributed by atoms with E-state index in [0.717, 1.165) is 11.1 Å². The molecule has 0 atom stereocenters. The van der Waals surface area contributed by atoms with Gasteiger partial charge in [0.1, 0.15) is 0 Å². The zero-order valence-electron chi connectivity index (χ0n) is 5.67. The topological polar surface area (TPSA) is 49.9 Å². The Balaban J connectivity index is 3.08. The molecule has 0 unspecified atom stereocenters. The quantitative estimate of drug-likeness (QED) is 0.585. The van der Waals surface area contributed by atoms with Crippen LogP contribution >= 0.6 is 0 Å². The molecule has 0 saturated heterocycles. The van der Waals surface area contributed by atoms with E-state index in [4.69, 9.17) is 11.1 Å². The molecule has 0 aliphatic carbocycles. The lowest BCUT2D eigenvalue weighted by atomic mass is 10.1. The lowest BCUT2D eigenvalue weighted by molar-refractivity contribution is 1.07. The van der Waals surface area contributed by atoms with Crippen LogP contribution in [0.2, 0.25) is 0 Å². The van der Waals surface area contributed by atoms with Crippen molar-refractivity contribution >= 4 is 6.21 Å². The summed E-state index contributed by atoms with van der Waals surface area (Å²) in [6, 6.07) is 7.64. The summed E-state index contributed by atoms with van der Waals surface area (Å²) in [6.07, 6.45) is 1.32. The third kappa shape index (κ3) is 1.22. The average Bonchev–Trinajstić information content (AvgIpc) is 2.04. The molecule has 3 N–H and O–H groups in total. The highest BCUT2D eigenvalue weighted by Crippen LogP contribution is 2.03. The molecule has 10 heavy (non-hydrogen) atoms. The fraction of sp³-hybridized carbons (Fsp3) is 0.125. The molecule has 0 spiro atoms. The number of hydrogen-bond donors (Lipinski definition) is 2. The van der Waals surface area contributed by atoms with Crippen LogP contribution in [0.3, 0.4) is 0 Å². The predicted octanol–water partition coefficient (Wildman–Crippen LogP) is 1.14. The Hall–Kier alpha value is -1.15. The summed E-state index contributed by atoms with van der Waals surface area (Å²) >= 11 is 0. The van der Waals surface area contributed by atoms with Gasteiger partial charge in [-0.3, -0.25) is 0 Å². The molecule has 0 fully saturated rings. The molecule has 0 saturated carbocycles. The third-order valence-corrected chi connectivity index (χ3v) is 1.43. The van der Waals surface area contributed by atoms with Crippen LogP contribution in [0.1, 0.15) is 11.1 Å². The standard InChI is InChI=1S/C8H10N2/c9-5-7-3-1-2-4-8(7)6-10/h1-5,9H,6,10H2. The summed E-state index contributed by atoms with van der Waals surface area (Å²) in [6.45, 7) is 0.506. The third-order valence-electron chi connectivity index (χ3n) is 1.43. The van der Waals surface area contributed by atoms with Crippen molar-refractivity contribution in [1.82, 2.24) is 0 Å². The van der Waals surface area contributed by atoms with E-state index in [1.165, 1.54) is 6.21 Å². The molecule has 1 aromatic rings. The molecule has 0 aromatic heterocycles. The number of rotatable bonds is 2. The summed E-state index contributed by atoms with van der Waals surface area (Å²) < 4.78 is 0.